The SMILES string of the molecule is O=C1OCCC/C=C\[C@H]2O[C@]34C=CCN(Cn5nnc6ccccc65)C(=O)C3N(CCCCCCO)C(=O)[C@@H]4[C@@H]12. The highest BCUT2D eigenvalue weighted by Gasteiger charge is 2.71. The molecule has 4 aliphatic heterocycles. The average molecular weight is 550 g/mol. The van der Waals surface area contributed by atoms with Crippen molar-refractivity contribution >= 4 is 28.8 Å². The molecule has 6 rings (SSSR count). The average Bonchev–Trinajstić information content (AvgIpc) is 3.56. The van der Waals surface area contributed by atoms with E-state index in [2.05, 4.69) is 10.3 Å². The van der Waals surface area contributed by atoms with Gasteiger partial charge in [-0.25, -0.2) is 4.68 Å². The molecule has 1 spiro atoms. The van der Waals surface area contributed by atoms with E-state index < -0.39 is 35.6 Å². The Morgan fingerprint density at radius 2 is 1.90 bits per heavy atom. The number of cyclic esters (lactones) is 1. The molecule has 5 heterocycles. The van der Waals surface area contributed by atoms with Gasteiger partial charge in [0.15, 0.2) is 0 Å². The number of benzene rings is 1. The number of aliphatic hydroxyl groups is 1. The molecule has 4 aliphatic rings. The first-order chi connectivity index (χ1) is 19.5. The third-order valence-corrected chi connectivity index (χ3v) is 8.47. The van der Waals surface area contributed by atoms with Gasteiger partial charge >= 0.3 is 5.97 Å². The number of aliphatic hydroxyl groups excluding tert-OH is 1. The summed E-state index contributed by atoms with van der Waals surface area (Å²) >= 11 is 0. The Labute approximate surface area is 232 Å². The zero-order valence-electron chi connectivity index (χ0n) is 22.4. The van der Waals surface area contributed by atoms with Crippen molar-refractivity contribution in [2.45, 2.75) is 62.9 Å². The van der Waals surface area contributed by atoms with Crippen molar-refractivity contribution in [1.29, 1.82) is 0 Å². The molecule has 0 bridgehead atoms. The van der Waals surface area contributed by atoms with Gasteiger partial charge in [-0.1, -0.05) is 54.5 Å². The van der Waals surface area contributed by atoms with E-state index in [-0.39, 0.29) is 31.7 Å². The summed E-state index contributed by atoms with van der Waals surface area (Å²) < 4.78 is 13.9. The predicted octanol–water partition coefficient (Wildman–Crippen LogP) is 1.81. The molecule has 0 radical (unpaired) electrons. The van der Waals surface area contributed by atoms with Crippen LogP contribution >= 0.6 is 0 Å². The Morgan fingerprint density at radius 3 is 2.77 bits per heavy atom. The molecule has 1 aromatic heterocycles. The maximum atomic E-state index is 14.4. The fourth-order valence-corrected chi connectivity index (χ4v) is 6.60. The van der Waals surface area contributed by atoms with E-state index >= 15 is 0 Å². The van der Waals surface area contributed by atoms with E-state index in [1.165, 1.54) is 0 Å². The number of likely N-dealkylation sites (tertiary alicyclic amines) is 1. The summed E-state index contributed by atoms with van der Waals surface area (Å²) in [5.41, 5.74) is 0.254. The van der Waals surface area contributed by atoms with E-state index in [0.717, 1.165) is 30.3 Å². The van der Waals surface area contributed by atoms with Crippen molar-refractivity contribution in [3.63, 3.8) is 0 Å². The van der Waals surface area contributed by atoms with Crippen LogP contribution in [0.1, 0.15) is 38.5 Å². The standard InChI is InChI=1S/C29H35N5O6/c35-17-8-2-1-7-16-33-25-27(37)32(19-34-21-12-6-5-11-20(21)30-31-34)15-10-14-29(25)24(26(33)36)23-22(40-29)13-4-3-9-18-39-28(23)38/h4-6,10-14,22-25,35H,1-3,7-9,15-19H2/b13-4-/t22-,23+,24+,25?,29+/m1/s1. The topological polar surface area (TPSA) is 127 Å². The molecule has 2 amide bonds. The molecule has 0 saturated carbocycles. The number of amides is 2. The number of aromatic nitrogens is 3. The maximum absolute atomic E-state index is 14.4. The van der Waals surface area contributed by atoms with Crippen LogP contribution in [0.15, 0.2) is 48.6 Å². The highest BCUT2D eigenvalue weighted by Crippen LogP contribution is 2.53. The minimum absolute atomic E-state index is 0.123. The fourth-order valence-electron chi connectivity index (χ4n) is 6.60. The summed E-state index contributed by atoms with van der Waals surface area (Å²) in [4.78, 5) is 45.1. The number of nitrogens with zero attached hydrogens (tertiary/aromatic N) is 5. The molecular formula is C29H35N5O6. The van der Waals surface area contributed by atoms with Crippen LogP contribution in [-0.4, -0.2) is 91.7 Å². The first-order valence-corrected chi connectivity index (χ1v) is 14.2. The van der Waals surface area contributed by atoms with Crippen LogP contribution < -0.4 is 0 Å². The summed E-state index contributed by atoms with van der Waals surface area (Å²) in [7, 11) is 0. The second-order valence-corrected chi connectivity index (χ2v) is 10.9. The zero-order chi connectivity index (χ0) is 27.7. The van der Waals surface area contributed by atoms with Crippen molar-refractivity contribution in [1.82, 2.24) is 24.8 Å². The summed E-state index contributed by atoms with van der Waals surface area (Å²) in [6, 6.07) is 6.63. The van der Waals surface area contributed by atoms with Crippen LogP contribution in [0.3, 0.4) is 0 Å². The van der Waals surface area contributed by atoms with E-state index in [4.69, 9.17) is 14.6 Å². The number of unbranched alkanes of at least 4 members (excludes halogenated alkanes) is 3. The second-order valence-electron chi connectivity index (χ2n) is 10.9. The number of carbonyl (C=O) groups is 3. The molecule has 1 unspecified atom stereocenters. The third kappa shape index (κ3) is 4.50. The van der Waals surface area contributed by atoms with Crippen LogP contribution in [0.4, 0.5) is 0 Å². The Morgan fingerprint density at radius 1 is 1.05 bits per heavy atom. The number of esters is 1. The van der Waals surface area contributed by atoms with E-state index in [0.29, 0.717) is 32.4 Å². The normalized spacial score (nSPS) is 30.8. The molecule has 1 N–H and O–H groups in total. The van der Waals surface area contributed by atoms with Crippen molar-refractivity contribution in [3.05, 3.63) is 48.6 Å². The Bertz CT molecular complexity index is 1340. The smallest absolute Gasteiger partial charge is 0.312 e. The second kappa shape index (κ2) is 11.1. The van der Waals surface area contributed by atoms with Crippen LogP contribution in [0.5, 0.6) is 0 Å². The molecule has 1 aromatic carbocycles. The van der Waals surface area contributed by atoms with Gasteiger partial charge in [0.25, 0.3) is 5.91 Å². The Kier molecular flexibility index (Phi) is 7.41. The van der Waals surface area contributed by atoms with Gasteiger partial charge in [-0.3, -0.25) is 14.4 Å². The molecule has 40 heavy (non-hydrogen) atoms. The number of rotatable bonds is 8. The van der Waals surface area contributed by atoms with E-state index in [9.17, 15) is 14.4 Å². The van der Waals surface area contributed by atoms with E-state index in [1.54, 1.807) is 14.5 Å². The van der Waals surface area contributed by atoms with Gasteiger partial charge in [0.2, 0.25) is 5.91 Å². The molecule has 5 atom stereocenters. The molecule has 2 saturated heterocycles. The fraction of sp³-hybridized carbons (Fsp3) is 0.552. The van der Waals surface area contributed by atoms with Crippen LogP contribution in [-0.2, 0) is 30.5 Å². The highest BCUT2D eigenvalue weighted by atomic mass is 16.6. The number of ether oxygens (including phenoxy) is 2. The van der Waals surface area contributed by atoms with Crippen molar-refractivity contribution in [3.8, 4) is 0 Å². The largest absolute Gasteiger partial charge is 0.465 e. The lowest BCUT2D eigenvalue weighted by molar-refractivity contribution is -0.155. The lowest BCUT2D eigenvalue weighted by Gasteiger charge is -2.35. The number of carbonyl (C=O) groups excluding carboxylic acids is 3. The van der Waals surface area contributed by atoms with Crippen LogP contribution in [0, 0.1) is 11.8 Å². The maximum Gasteiger partial charge on any atom is 0.312 e. The monoisotopic (exact) mass is 549 g/mol. The van der Waals surface area contributed by atoms with Crippen molar-refractivity contribution < 1.29 is 29.0 Å². The van der Waals surface area contributed by atoms with Gasteiger partial charge in [0, 0.05) is 19.7 Å². The quantitative estimate of drug-likeness (QED) is 0.300. The Balaban J connectivity index is 1.35. The van der Waals surface area contributed by atoms with E-state index in [1.807, 2.05) is 48.6 Å². The first kappa shape index (κ1) is 26.6. The summed E-state index contributed by atoms with van der Waals surface area (Å²) in [6.45, 7) is 1.23. The predicted molar refractivity (Wildman–Crippen MR) is 143 cm³/mol. The van der Waals surface area contributed by atoms with Gasteiger partial charge in [-0.2, -0.15) is 0 Å². The van der Waals surface area contributed by atoms with Crippen LogP contribution in [0.25, 0.3) is 11.0 Å². The minimum atomic E-state index is -1.28. The molecule has 11 heteroatoms. The summed E-state index contributed by atoms with van der Waals surface area (Å²) in [6.07, 6.45) is 11.3. The van der Waals surface area contributed by atoms with Crippen molar-refractivity contribution in [2.75, 3.05) is 26.3 Å². The number of hydrogen-bond acceptors (Lipinski definition) is 8. The molecule has 0 aliphatic carbocycles. The highest BCUT2D eigenvalue weighted by molar-refractivity contribution is 5.99. The third-order valence-electron chi connectivity index (χ3n) is 8.47. The molecule has 212 valence electrons. The first-order valence-electron chi connectivity index (χ1n) is 14.2. The number of hydrogen-bond donors (Lipinski definition) is 1. The van der Waals surface area contributed by atoms with Crippen LogP contribution in [0.2, 0.25) is 0 Å². The Hall–Kier alpha value is -3.57. The minimum Gasteiger partial charge on any atom is -0.465 e. The molecule has 11 nitrogen and oxygen atoms in total. The zero-order valence-corrected chi connectivity index (χ0v) is 22.4. The molecule has 2 aromatic rings. The number of allylic oxidation sites excluding steroid dienone is 1. The number of para-hydroxylation sites is 1. The lowest BCUT2D eigenvalue weighted by Crippen LogP contribution is -2.55. The van der Waals surface area contributed by atoms with Gasteiger partial charge in [0.05, 0.1) is 24.1 Å². The summed E-state index contributed by atoms with van der Waals surface area (Å²) in [5, 5.41) is 17.6. The van der Waals surface area contributed by atoms with Gasteiger partial charge in [0.1, 0.15) is 29.7 Å². The van der Waals surface area contributed by atoms with Gasteiger partial charge in [-0.05, 0) is 37.8 Å². The van der Waals surface area contributed by atoms with Gasteiger partial charge < -0.3 is 24.4 Å². The van der Waals surface area contributed by atoms with Gasteiger partial charge in [-0.15, -0.1) is 5.10 Å². The van der Waals surface area contributed by atoms with Crippen molar-refractivity contribution in [2.24, 2.45) is 11.8 Å². The lowest BCUT2D eigenvalue weighted by atomic mass is 9.78. The summed E-state index contributed by atoms with van der Waals surface area (Å²) in [5.74, 6) is -2.64. The molecule has 2 fully saturated rings. The molecular weight excluding hydrogens is 514 g/mol. The number of fused-ring (bicyclic) bond motifs is 3.